The van der Waals surface area contributed by atoms with Crippen molar-refractivity contribution in [1.82, 2.24) is 0 Å². The lowest BCUT2D eigenvalue weighted by molar-refractivity contribution is -0.111. The van der Waals surface area contributed by atoms with Crippen LogP contribution in [0.2, 0.25) is 10.0 Å². The maximum atomic E-state index is 12.0. The highest BCUT2D eigenvalue weighted by Gasteiger charge is 2.03. The molecule has 0 saturated heterocycles. The molecule has 1 N–H and O–H groups in total. The van der Waals surface area contributed by atoms with Gasteiger partial charge in [0, 0.05) is 27.4 Å². The highest BCUT2D eigenvalue weighted by Crippen LogP contribution is 2.25. The van der Waals surface area contributed by atoms with Gasteiger partial charge in [-0.25, -0.2) is 0 Å². The van der Waals surface area contributed by atoms with Crippen LogP contribution in [0.5, 0.6) is 0 Å². The third-order valence-corrected chi connectivity index (χ3v) is 4.10. The summed E-state index contributed by atoms with van der Waals surface area (Å²) in [5, 5.41) is 3.85. The fourth-order valence-electron chi connectivity index (χ4n) is 2.15. The molecule has 0 radical (unpaired) electrons. The first kappa shape index (κ1) is 17.6. The number of anilines is 1. The zero-order valence-corrected chi connectivity index (χ0v) is 14.5. The van der Waals surface area contributed by atoms with Crippen molar-refractivity contribution in [1.29, 1.82) is 0 Å². The van der Waals surface area contributed by atoms with Gasteiger partial charge in [-0.3, -0.25) is 4.79 Å². The van der Waals surface area contributed by atoms with Crippen LogP contribution in [0.25, 0.3) is 6.08 Å². The molecule has 0 aliphatic heterocycles. The van der Waals surface area contributed by atoms with Crippen molar-refractivity contribution in [2.75, 3.05) is 5.32 Å². The second kappa shape index (κ2) is 8.76. The summed E-state index contributed by atoms with van der Waals surface area (Å²) in [6, 6.07) is 13.2. The van der Waals surface area contributed by atoms with Gasteiger partial charge in [0.05, 0.1) is 0 Å². The highest BCUT2D eigenvalue weighted by molar-refractivity contribution is 6.37. The third-order valence-electron chi connectivity index (χ3n) is 3.44. The van der Waals surface area contributed by atoms with Gasteiger partial charge in [-0.05, 0) is 48.7 Å². The molecule has 0 heterocycles. The summed E-state index contributed by atoms with van der Waals surface area (Å²) < 4.78 is 0. The van der Waals surface area contributed by atoms with Crippen molar-refractivity contribution < 1.29 is 4.79 Å². The van der Waals surface area contributed by atoms with E-state index >= 15 is 0 Å². The lowest BCUT2D eigenvalue weighted by Crippen LogP contribution is -2.07. The fourth-order valence-corrected chi connectivity index (χ4v) is 2.67. The summed E-state index contributed by atoms with van der Waals surface area (Å²) in [6.45, 7) is 2.17. The van der Waals surface area contributed by atoms with E-state index in [0.29, 0.717) is 15.6 Å². The molecule has 2 nitrogen and oxygen atoms in total. The standard InChI is InChI=1S/C19H19Cl2NO/c1-2-3-5-14-8-10-15(11-9-14)22-19(23)13-12-16-17(20)6-4-7-18(16)21/h4,6-13H,2-3,5H2,1H3,(H,22,23)/b13-12+. The van der Waals surface area contributed by atoms with E-state index in [1.54, 1.807) is 24.3 Å². The Kier molecular flexibility index (Phi) is 6.69. The zero-order valence-electron chi connectivity index (χ0n) is 13.0. The van der Waals surface area contributed by atoms with Crippen LogP contribution < -0.4 is 5.32 Å². The number of hydrogen-bond donors (Lipinski definition) is 1. The maximum Gasteiger partial charge on any atom is 0.248 e. The van der Waals surface area contributed by atoms with Crippen LogP contribution in [0.15, 0.2) is 48.5 Å². The van der Waals surface area contributed by atoms with Crippen LogP contribution >= 0.6 is 23.2 Å². The van der Waals surface area contributed by atoms with Gasteiger partial charge in [0.25, 0.3) is 0 Å². The van der Waals surface area contributed by atoms with Crippen molar-refractivity contribution in [3.05, 3.63) is 69.7 Å². The summed E-state index contributed by atoms with van der Waals surface area (Å²) in [5.74, 6) is -0.220. The van der Waals surface area contributed by atoms with Crippen LogP contribution in [-0.2, 0) is 11.2 Å². The van der Waals surface area contributed by atoms with Crippen molar-refractivity contribution in [2.45, 2.75) is 26.2 Å². The Balaban J connectivity index is 1.98. The summed E-state index contributed by atoms with van der Waals surface area (Å²) >= 11 is 12.1. The smallest absolute Gasteiger partial charge is 0.248 e. The summed E-state index contributed by atoms with van der Waals surface area (Å²) in [4.78, 5) is 12.0. The number of hydrogen-bond acceptors (Lipinski definition) is 1. The molecule has 0 bridgehead atoms. The molecule has 0 spiro atoms. The van der Waals surface area contributed by atoms with Crippen LogP contribution in [0, 0.1) is 0 Å². The van der Waals surface area contributed by atoms with Crippen molar-refractivity contribution in [3.8, 4) is 0 Å². The van der Waals surface area contributed by atoms with Gasteiger partial charge in [-0.1, -0.05) is 54.7 Å². The summed E-state index contributed by atoms with van der Waals surface area (Å²) in [7, 11) is 0. The molecule has 0 aromatic heterocycles. The molecular formula is C19H19Cl2NO. The van der Waals surface area contributed by atoms with E-state index < -0.39 is 0 Å². The topological polar surface area (TPSA) is 29.1 Å². The Morgan fingerprint density at radius 2 is 1.74 bits per heavy atom. The van der Waals surface area contributed by atoms with Crippen LogP contribution in [0.1, 0.15) is 30.9 Å². The average molecular weight is 348 g/mol. The summed E-state index contributed by atoms with van der Waals surface area (Å²) in [5.41, 5.74) is 2.69. The van der Waals surface area contributed by atoms with E-state index in [4.69, 9.17) is 23.2 Å². The first-order valence-electron chi connectivity index (χ1n) is 7.62. The average Bonchev–Trinajstić information content (AvgIpc) is 2.54. The van der Waals surface area contributed by atoms with E-state index in [-0.39, 0.29) is 5.91 Å². The number of benzene rings is 2. The third kappa shape index (κ3) is 5.42. The van der Waals surface area contributed by atoms with Crippen molar-refractivity contribution in [3.63, 3.8) is 0 Å². The Hall–Kier alpha value is -1.77. The molecule has 4 heteroatoms. The minimum Gasteiger partial charge on any atom is -0.323 e. The number of rotatable bonds is 6. The molecule has 0 fully saturated rings. The molecule has 0 aliphatic carbocycles. The van der Waals surface area contributed by atoms with Crippen LogP contribution in [0.4, 0.5) is 5.69 Å². The van der Waals surface area contributed by atoms with Gasteiger partial charge in [0.2, 0.25) is 5.91 Å². The molecule has 1 amide bonds. The monoisotopic (exact) mass is 347 g/mol. The second-order valence-corrected chi connectivity index (χ2v) is 6.07. The molecule has 120 valence electrons. The first-order valence-corrected chi connectivity index (χ1v) is 8.37. The SMILES string of the molecule is CCCCc1ccc(NC(=O)/C=C/c2c(Cl)cccc2Cl)cc1. The molecule has 2 rings (SSSR count). The lowest BCUT2D eigenvalue weighted by Gasteiger charge is -2.05. The Morgan fingerprint density at radius 1 is 1.09 bits per heavy atom. The minimum atomic E-state index is -0.220. The zero-order chi connectivity index (χ0) is 16.7. The number of aryl methyl sites for hydroxylation is 1. The molecule has 2 aromatic carbocycles. The summed E-state index contributed by atoms with van der Waals surface area (Å²) in [6.07, 6.45) is 6.46. The van der Waals surface area contributed by atoms with E-state index in [2.05, 4.69) is 12.2 Å². The van der Waals surface area contributed by atoms with Crippen LogP contribution in [-0.4, -0.2) is 5.91 Å². The van der Waals surface area contributed by atoms with Gasteiger partial charge >= 0.3 is 0 Å². The minimum absolute atomic E-state index is 0.220. The predicted molar refractivity (Wildman–Crippen MR) is 99.2 cm³/mol. The highest BCUT2D eigenvalue weighted by atomic mass is 35.5. The largest absolute Gasteiger partial charge is 0.323 e. The lowest BCUT2D eigenvalue weighted by atomic mass is 10.1. The quantitative estimate of drug-likeness (QED) is 0.639. The normalized spacial score (nSPS) is 10.9. The maximum absolute atomic E-state index is 12.0. The number of carbonyl (C=O) groups is 1. The molecule has 23 heavy (non-hydrogen) atoms. The van der Waals surface area contributed by atoms with Gasteiger partial charge in [0.15, 0.2) is 0 Å². The van der Waals surface area contributed by atoms with Gasteiger partial charge < -0.3 is 5.32 Å². The number of halogens is 2. The van der Waals surface area contributed by atoms with Crippen LogP contribution in [0.3, 0.4) is 0 Å². The second-order valence-electron chi connectivity index (χ2n) is 5.26. The van der Waals surface area contributed by atoms with Gasteiger partial charge in [-0.15, -0.1) is 0 Å². The Labute approximate surface area is 147 Å². The molecule has 0 saturated carbocycles. The van der Waals surface area contributed by atoms with E-state index in [0.717, 1.165) is 12.1 Å². The number of amides is 1. The van der Waals surface area contributed by atoms with E-state index in [9.17, 15) is 4.79 Å². The molecule has 0 unspecified atom stereocenters. The molecule has 0 aliphatic rings. The number of unbranched alkanes of at least 4 members (excludes halogenated alkanes) is 1. The Morgan fingerprint density at radius 3 is 2.35 bits per heavy atom. The molecule has 2 aromatic rings. The van der Waals surface area contributed by atoms with Crippen molar-refractivity contribution >= 4 is 40.9 Å². The predicted octanol–water partition coefficient (Wildman–Crippen LogP) is 5.99. The molecular weight excluding hydrogens is 329 g/mol. The van der Waals surface area contributed by atoms with Gasteiger partial charge in [-0.2, -0.15) is 0 Å². The van der Waals surface area contributed by atoms with Crippen molar-refractivity contribution in [2.24, 2.45) is 0 Å². The fraction of sp³-hybridized carbons (Fsp3) is 0.211. The molecule has 0 atom stereocenters. The first-order chi connectivity index (χ1) is 11.1. The number of carbonyl (C=O) groups excluding carboxylic acids is 1. The van der Waals surface area contributed by atoms with Gasteiger partial charge in [0.1, 0.15) is 0 Å². The van der Waals surface area contributed by atoms with E-state index in [1.165, 1.54) is 24.5 Å². The number of nitrogens with one attached hydrogen (secondary N) is 1. The Bertz CT molecular complexity index is 673. The van der Waals surface area contributed by atoms with E-state index in [1.807, 2.05) is 24.3 Å².